The highest BCUT2D eigenvalue weighted by molar-refractivity contribution is 6.89. The van der Waals surface area contributed by atoms with Gasteiger partial charge in [0.1, 0.15) is 0 Å². The van der Waals surface area contributed by atoms with Crippen molar-refractivity contribution in [2.75, 3.05) is 0 Å². The molecule has 1 heteroatoms. The Morgan fingerprint density at radius 1 is 0.875 bits per heavy atom. The first-order valence-electron chi connectivity index (χ1n) is 6.70. The summed E-state index contributed by atoms with van der Waals surface area (Å²) in [7, 11) is -1.15. The number of aryl methyl sites for hydroxylation is 2. The molecular weight excluding hydrogens is 208 g/mol. The zero-order valence-electron chi connectivity index (χ0n) is 11.0. The Labute approximate surface area is 101 Å². The standard InChI is InChI=1S/C15H24Si/c1-16(2,3)15-12-13-8-6-4-5-7-9-14(15)11-10-13/h10-12H,4-9H2,1-3H3. The van der Waals surface area contributed by atoms with Crippen molar-refractivity contribution in [1.29, 1.82) is 0 Å². The van der Waals surface area contributed by atoms with Crippen LogP contribution < -0.4 is 5.19 Å². The summed E-state index contributed by atoms with van der Waals surface area (Å²) in [6, 6.07) is 7.30. The summed E-state index contributed by atoms with van der Waals surface area (Å²) in [4.78, 5) is 0. The summed E-state index contributed by atoms with van der Waals surface area (Å²) in [5.41, 5.74) is 3.22. The van der Waals surface area contributed by atoms with Crippen LogP contribution in [-0.4, -0.2) is 8.07 Å². The minimum Gasteiger partial charge on any atom is -0.0656 e. The van der Waals surface area contributed by atoms with E-state index in [1.807, 2.05) is 0 Å². The summed E-state index contributed by atoms with van der Waals surface area (Å²) in [5.74, 6) is 0. The van der Waals surface area contributed by atoms with E-state index in [2.05, 4.69) is 37.8 Å². The second-order valence-corrected chi connectivity index (χ2v) is 11.2. The van der Waals surface area contributed by atoms with Crippen LogP contribution in [0.5, 0.6) is 0 Å². The maximum Gasteiger partial charge on any atom is 0.0779 e. The lowest BCUT2D eigenvalue weighted by Gasteiger charge is -2.23. The molecule has 0 N–H and O–H groups in total. The highest BCUT2D eigenvalue weighted by atomic mass is 28.3. The van der Waals surface area contributed by atoms with Gasteiger partial charge in [-0.2, -0.15) is 0 Å². The van der Waals surface area contributed by atoms with E-state index in [0.717, 1.165) is 0 Å². The molecule has 0 radical (unpaired) electrons. The van der Waals surface area contributed by atoms with E-state index in [1.54, 1.807) is 16.3 Å². The topological polar surface area (TPSA) is 0 Å². The van der Waals surface area contributed by atoms with Crippen LogP contribution in [-0.2, 0) is 12.8 Å². The van der Waals surface area contributed by atoms with Crippen LogP contribution in [0, 0.1) is 0 Å². The van der Waals surface area contributed by atoms with Crippen molar-refractivity contribution in [3.05, 3.63) is 29.3 Å². The van der Waals surface area contributed by atoms with Gasteiger partial charge in [-0.1, -0.05) is 55.9 Å². The molecule has 0 aromatic heterocycles. The first kappa shape index (κ1) is 11.9. The molecule has 0 fully saturated rings. The number of hydrogen-bond acceptors (Lipinski definition) is 0. The Morgan fingerprint density at radius 3 is 2.25 bits per heavy atom. The van der Waals surface area contributed by atoms with E-state index in [-0.39, 0.29) is 0 Å². The van der Waals surface area contributed by atoms with Gasteiger partial charge in [-0.15, -0.1) is 0 Å². The average molecular weight is 232 g/mol. The minimum atomic E-state index is -1.15. The Hall–Kier alpha value is -0.563. The molecule has 2 bridgehead atoms. The van der Waals surface area contributed by atoms with Crippen LogP contribution in [0.25, 0.3) is 0 Å². The molecule has 16 heavy (non-hydrogen) atoms. The molecule has 88 valence electrons. The van der Waals surface area contributed by atoms with Crippen LogP contribution in [0.4, 0.5) is 0 Å². The molecule has 3 rings (SSSR count). The zero-order chi connectivity index (χ0) is 11.6. The SMILES string of the molecule is C[Si](C)(C)c1cc2ccc1CCCCCC2. The van der Waals surface area contributed by atoms with Gasteiger partial charge in [0.15, 0.2) is 0 Å². The quantitative estimate of drug-likeness (QED) is 0.644. The summed E-state index contributed by atoms with van der Waals surface area (Å²) in [5, 5.41) is 1.71. The predicted molar refractivity (Wildman–Crippen MR) is 75.3 cm³/mol. The second kappa shape index (κ2) is 4.75. The molecule has 2 aliphatic carbocycles. The third-order valence-corrected chi connectivity index (χ3v) is 5.73. The Bertz CT molecular complexity index is 360. The molecule has 0 atom stereocenters. The van der Waals surface area contributed by atoms with Gasteiger partial charge in [0.05, 0.1) is 8.07 Å². The van der Waals surface area contributed by atoms with Gasteiger partial charge >= 0.3 is 0 Å². The summed E-state index contributed by atoms with van der Waals surface area (Å²) < 4.78 is 0. The molecule has 0 nitrogen and oxygen atoms in total. The van der Waals surface area contributed by atoms with Crippen LogP contribution in [0.15, 0.2) is 18.2 Å². The molecule has 0 aliphatic heterocycles. The van der Waals surface area contributed by atoms with E-state index in [9.17, 15) is 0 Å². The minimum absolute atomic E-state index is 1.15. The smallest absolute Gasteiger partial charge is 0.0656 e. The third kappa shape index (κ3) is 2.76. The average Bonchev–Trinajstić information content (AvgIpc) is 2.25. The van der Waals surface area contributed by atoms with Crippen molar-refractivity contribution in [3.63, 3.8) is 0 Å². The predicted octanol–water partition coefficient (Wildman–Crippen LogP) is 3.89. The first-order chi connectivity index (χ1) is 7.57. The Morgan fingerprint density at radius 2 is 1.56 bits per heavy atom. The van der Waals surface area contributed by atoms with Gasteiger partial charge < -0.3 is 0 Å². The van der Waals surface area contributed by atoms with Gasteiger partial charge in [0.2, 0.25) is 0 Å². The molecule has 0 spiro atoms. The van der Waals surface area contributed by atoms with E-state index >= 15 is 0 Å². The maximum atomic E-state index is 2.52. The lowest BCUT2D eigenvalue weighted by atomic mass is 9.98. The monoisotopic (exact) mass is 232 g/mol. The lowest BCUT2D eigenvalue weighted by molar-refractivity contribution is 0.636. The van der Waals surface area contributed by atoms with Gasteiger partial charge in [-0.05, 0) is 36.8 Å². The number of fused-ring (bicyclic) bond motifs is 7. The Balaban J connectivity index is 2.41. The van der Waals surface area contributed by atoms with Crippen molar-refractivity contribution in [3.8, 4) is 0 Å². The molecule has 1 aromatic carbocycles. The highest BCUT2D eigenvalue weighted by Gasteiger charge is 2.20. The van der Waals surface area contributed by atoms with E-state index in [4.69, 9.17) is 0 Å². The van der Waals surface area contributed by atoms with Crippen molar-refractivity contribution in [2.45, 2.75) is 58.2 Å². The normalized spacial score (nSPS) is 17.4. The molecule has 0 unspecified atom stereocenters. The van der Waals surface area contributed by atoms with Crippen LogP contribution >= 0.6 is 0 Å². The van der Waals surface area contributed by atoms with Gasteiger partial charge in [-0.3, -0.25) is 0 Å². The molecule has 0 amide bonds. The first-order valence-corrected chi connectivity index (χ1v) is 10.2. The zero-order valence-corrected chi connectivity index (χ0v) is 12.0. The fourth-order valence-corrected chi connectivity index (χ4v) is 4.48. The van der Waals surface area contributed by atoms with E-state index in [0.29, 0.717) is 0 Å². The second-order valence-electron chi connectivity index (χ2n) is 6.16. The fraction of sp³-hybridized carbons (Fsp3) is 0.600. The van der Waals surface area contributed by atoms with Gasteiger partial charge in [-0.25, -0.2) is 0 Å². The van der Waals surface area contributed by atoms with Crippen LogP contribution in [0.2, 0.25) is 19.6 Å². The molecule has 0 saturated carbocycles. The molecule has 0 heterocycles. The van der Waals surface area contributed by atoms with Crippen molar-refractivity contribution < 1.29 is 0 Å². The van der Waals surface area contributed by atoms with Crippen molar-refractivity contribution >= 4 is 13.3 Å². The van der Waals surface area contributed by atoms with E-state index < -0.39 is 8.07 Å². The number of benzene rings is 1. The molecule has 0 saturated heterocycles. The number of hydrogen-bond donors (Lipinski definition) is 0. The number of rotatable bonds is 1. The van der Waals surface area contributed by atoms with Crippen LogP contribution in [0.3, 0.4) is 0 Å². The van der Waals surface area contributed by atoms with Gasteiger partial charge in [0.25, 0.3) is 0 Å². The summed E-state index contributed by atoms with van der Waals surface area (Å²) in [6.07, 6.45) is 8.20. The Kier molecular flexibility index (Phi) is 3.53. The highest BCUT2D eigenvalue weighted by Crippen LogP contribution is 2.17. The van der Waals surface area contributed by atoms with Crippen LogP contribution in [0.1, 0.15) is 36.8 Å². The van der Waals surface area contributed by atoms with Crippen molar-refractivity contribution in [2.24, 2.45) is 0 Å². The van der Waals surface area contributed by atoms with Crippen molar-refractivity contribution in [1.82, 2.24) is 0 Å². The summed E-state index contributed by atoms with van der Waals surface area (Å²) >= 11 is 0. The van der Waals surface area contributed by atoms with E-state index in [1.165, 1.54) is 38.5 Å². The largest absolute Gasteiger partial charge is 0.0779 e. The summed E-state index contributed by atoms with van der Waals surface area (Å²) in [6.45, 7) is 7.42. The molecule has 2 aliphatic rings. The maximum absolute atomic E-state index is 2.52. The molecular formula is C15H24Si. The van der Waals surface area contributed by atoms with Gasteiger partial charge in [0, 0.05) is 0 Å². The molecule has 1 aromatic rings. The third-order valence-electron chi connectivity index (χ3n) is 3.64. The fourth-order valence-electron chi connectivity index (χ4n) is 2.69. The lowest BCUT2D eigenvalue weighted by Crippen LogP contribution is -2.40.